The molecular weight excluding hydrogens is 267 g/mol. The van der Waals surface area contributed by atoms with E-state index < -0.39 is 5.82 Å². The fourth-order valence-corrected chi connectivity index (χ4v) is 2.03. The molecule has 0 bridgehead atoms. The van der Waals surface area contributed by atoms with Gasteiger partial charge in [0, 0.05) is 5.88 Å². The van der Waals surface area contributed by atoms with E-state index in [4.69, 9.17) is 21.1 Å². The first-order chi connectivity index (χ1) is 9.26. The summed E-state index contributed by atoms with van der Waals surface area (Å²) in [5.41, 5.74) is 1.90. The van der Waals surface area contributed by atoms with Gasteiger partial charge in [0.15, 0.2) is 17.3 Å². The lowest BCUT2D eigenvalue weighted by Gasteiger charge is -2.12. The Kier molecular flexibility index (Phi) is 4.63. The number of hydrogen-bond acceptors (Lipinski definition) is 2. The van der Waals surface area contributed by atoms with E-state index in [1.165, 1.54) is 13.2 Å². The van der Waals surface area contributed by atoms with Crippen molar-refractivity contribution in [3.8, 4) is 11.5 Å². The summed E-state index contributed by atoms with van der Waals surface area (Å²) in [7, 11) is 1.48. The minimum Gasteiger partial charge on any atom is -0.493 e. The second kappa shape index (κ2) is 6.43. The van der Waals surface area contributed by atoms with E-state index >= 15 is 0 Å². The molecule has 0 aliphatic rings. The molecule has 0 saturated heterocycles. The molecule has 0 aromatic heterocycles. The molecule has 19 heavy (non-hydrogen) atoms. The number of hydrogen-bond donors (Lipinski definition) is 0. The van der Waals surface area contributed by atoms with E-state index in [1.54, 1.807) is 12.1 Å². The van der Waals surface area contributed by atoms with Crippen LogP contribution in [0, 0.1) is 5.82 Å². The average molecular weight is 281 g/mol. The fraction of sp³-hybridized carbons (Fsp3) is 0.200. The van der Waals surface area contributed by atoms with Crippen LogP contribution in [-0.2, 0) is 12.5 Å². The van der Waals surface area contributed by atoms with Gasteiger partial charge in [0.05, 0.1) is 7.11 Å². The van der Waals surface area contributed by atoms with Crippen LogP contribution in [0.15, 0.2) is 42.5 Å². The monoisotopic (exact) mass is 280 g/mol. The number of benzene rings is 2. The molecule has 2 nitrogen and oxygen atoms in total. The van der Waals surface area contributed by atoms with Crippen molar-refractivity contribution in [3.05, 3.63) is 59.4 Å². The van der Waals surface area contributed by atoms with Crippen molar-refractivity contribution < 1.29 is 13.9 Å². The largest absolute Gasteiger partial charge is 0.493 e. The molecule has 0 amide bonds. The summed E-state index contributed by atoms with van der Waals surface area (Å²) < 4.78 is 24.3. The Hall–Kier alpha value is -1.74. The quantitative estimate of drug-likeness (QED) is 0.766. The minimum absolute atomic E-state index is 0.120. The van der Waals surface area contributed by atoms with Gasteiger partial charge in [-0.1, -0.05) is 30.3 Å². The lowest BCUT2D eigenvalue weighted by atomic mass is 10.1. The Balaban J connectivity index is 2.19. The first-order valence-corrected chi connectivity index (χ1v) is 6.37. The van der Waals surface area contributed by atoms with Crippen LogP contribution >= 0.6 is 11.6 Å². The second-order valence-electron chi connectivity index (χ2n) is 3.96. The summed E-state index contributed by atoms with van der Waals surface area (Å²) in [5.74, 6) is 0.453. The summed E-state index contributed by atoms with van der Waals surface area (Å²) in [5, 5.41) is 0. The van der Waals surface area contributed by atoms with Crippen molar-refractivity contribution in [2.75, 3.05) is 7.11 Å². The highest BCUT2D eigenvalue weighted by Gasteiger charge is 2.11. The van der Waals surface area contributed by atoms with Crippen molar-refractivity contribution in [1.29, 1.82) is 0 Å². The Labute approximate surface area is 116 Å². The van der Waals surface area contributed by atoms with Crippen LogP contribution < -0.4 is 9.47 Å². The molecule has 0 aliphatic heterocycles. The number of halogens is 2. The lowest BCUT2D eigenvalue weighted by molar-refractivity contribution is 0.269. The maximum absolute atomic E-state index is 13.7. The third-order valence-electron chi connectivity index (χ3n) is 2.79. The van der Waals surface area contributed by atoms with Crippen LogP contribution in [0.2, 0.25) is 0 Å². The number of methoxy groups -OCH3 is 1. The molecule has 0 spiro atoms. The first-order valence-electron chi connectivity index (χ1n) is 5.84. The summed E-state index contributed by atoms with van der Waals surface area (Å²) in [6, 6.07) is 12.2. The molecule has 0 radical (unpaired) electrons. The van der Waals surface area contributed by atoms with Crippen LogP contribution in [-0.4, -0.2) is 7.11 Å². The van der Waals surface area contributed by atoms with Crippen LogP contribution in [0.1, 0.15) is 11.1 Å². The summed E-state index contributed by atoms with van der Waals surface area (Å²) in [6.07, 6.45) is 0. The molecule has 0 saturated carbocycles. The summed E-state index contributed by atoms with van der Waals surface area (Å²) in [4.78, 5) is 0. The summed E-state index contributed by atoms with van der Waals surface area (Å²) in [6.45, 7) is 0.250. The van der Waals surface area contributed by atoms with Gasteiger partial charge < -0.3 is 9.47 Å². The molecule has 0 heterocycles. The molecular formula is C15H14ClFO2. The zero-order valence-corrected chi connectivity index (χ0v) is 11.3. The highest BCUT2D eigenvalue weighted by Crippen LogP contribution is 2.30. The molecule has 4 heteroatoms. The fourth-order valence-electron chi connectivity index (χ4n) is 1.77. The Bertz CT molecular complexity index is 558. The molecule has 0 unspecified atom stereocenters. The number of rotatable bonds is 5. The number of para-hydroxylation sites is 1. The van der Waals surface area contributed by atoms with Crippen molar-refractivity contribution in [3.63, 3.8) is 0 Å². The van der Waals surface area contributed by atoms with Gasteiger partial charge in [0.25, 0.3) is 0 Å². The highest BCUT2D eigenvalue weighted by molar-refractivity contribution is 6.17. The maximum atomic E-state index is 13.7. The van der Waals surface area contributed by atoms with E-state index in [1.807, 2.05) is 24.3 Å². The maximum Gasteiger partial charge on any atom is 0.197 e. The van der Waals surface area contributed by atoms with Crippen LogP contribution in [0.25, 0.3) is 0 Å². The van der Waals surface area contributed by atoms with Gasteiger partial charge in [-0.25, -0.2) is 4.39 Å². The molecule has 0 N–H and O–H groups in total. The lowest BCUT2D eigenvalue weighted by Crippen LogP contribution is -2.02. The van der Waals surface area contributed by atoms with Gasteiger partial charge >= 0.3 is 0 Å². The molecule has 2 rings (SSSR count). The van der Waals surface area contributed by atoms with Crippen LogP contribution in [0.5, 0.6) is 11.5 Å². The number of ether oxygens (including phenoxy) is 2. The van der Waals surface area contributed by atoms with Gasteiger partial charge in [-0.15, -0.1) is 11.6 Å². The van der Waals surface area contributed by atoms with E-state index in [-0.39, 0.29) is 12.4 Å². The van der Waals surface area contributed by atoms with Crippen molar-refractivity contribution in [1.82, 2.24) is 0 Å². The molecule has 0 atom stereocenters. The topological polar surface area (TPSA) is 18.5 Å². The third kappa shape index (κ3) is 3.18. The molecule has 2 aromatic rings. The van der Waals surface area contributed by atoms with Crippen molar-refractivity contribution in [2.45, 2.75) is 12.5 Å². The van der Waals surface area contributed by atoms with Gasteiger partial charge in [0.2, 0.25) is 0 Å². The van der Waals surface area contributed by atoms with E-state index in [0.717, 1.165) is 11.1 Å². The van der Waals surface area contributed by atoms with E-state index in [2.05, 4.69) is 0 Å². The van der Waals surface area contributed by atoms with E-state index in [0.29, 0.717) is 11.6 Å². The van der Waals surface area contributed by atoms with E-state index in [9.17, 15) is 4.39 Å². The van der Waals surface area contributed by atoms with Gasteiger partial charge in [-0.2, -0.15) is 0 Å². The molecule has 0 fully saturated rings. The summed E-state index contributed by atoms with van der Waals surface area (Å²) >= 11 is 5.85. The van der Waals surface area contributed by atoms with Crippen LogP contribution in [0.3, 0.4) is 0 Å². The predicted octanol–water partition coefficient (Wildman–Crippen LogP) is 4.15. The van der Waals surface area contributed by atoms with Gasteiger partial charge in [0.1, 0.15) is 6.61 Å². The first kappa shape index (κ1) is 13.7. The van der Waals surface area contributed by atoms with Gasteiger partial charge in [-0.3, -0.25) is 0 Å². The van der Waals surface area contributed by atoms with Crippen molar-refractivity contribution in [2.24, 2.45) is 0 Å². The Morgan fingerprint density at radius 3 is 2.47 bits per heavy atom. The highest BCUT2D eigenvalue weighted by atomic mass is 35.5. The van der Waals surface area contributed by atoms with Crippen LogP contribution in [0.4, 0.5) is 4.39 Å². The molecule has 2 aromatic carbocycles. The SMILES string of the molecule is COc1cccc(F)c1OCc1ccccc1CCl. The molecule has 0 aliphatic carbocycles. The van der Waals surface area contributed by atoms with Gasteiger partial charge in [-0.05, 0) is 23.3 Å². The molecule has 100 valence electrons. The Morgan fingerprint density at radius 2 is 1.79 bits per heavy atom. The Morgan fingerprint density at radius 1 is 1.05 bits per heavy atom. The third-order valence-corrected chi connectivity index (χ3v) is 3.07. The average Bonchev–Trinajstić information content (AvgIpc) is 2.46. The minimum atomic E-state index is -0.442. The standard InChI is InChI=1S/C15H14ClFO2/c1-18-14-8-4-7-13(17)15(14)19-10-12-6-3-2-5-11(12)9-16/h2-8H,9-10H2,1H3. The zero-order chi connectivity index (χ0) is 13.7. The van der Waals surface area contributed by atoms with Crippen molar-refractivity contribution >= 4 is 11.6 Å². The predicted molar refractivity (Wildman–Crippen MR) is 73.3 cm³/mol. The normalized spacial score (nSPS) is 10.3. The smallest absolute Gasteiger partial charge is 0.197 e. The number of alkyl halides is 1. The second-order valence-corrected chi connectivity index (χ2v) is 4.23. The zero-order valence-electron chi connectivity index (χ0n) is 10.5.